The zero-order valence-corrected chi connectivity index (χ0v) is 13.3. The van der Waals surface area contributed by atoms with Gasteiger partial charge in [0.2, 0.25) is 0 Å². The van der Waals surface area contributed by atoms with Gasteiger partial charge in [0.05, 0.1) is 11.6 Å². The monoisotopic (exact) mass is 338 g/mol. The van der Waals surface area contributed by atoms with E-state index in [1.54, 1.807) is 6.07 Å². The fraction of sp³-hybridized carbons (Fsp3) is 0.235. The highest BCUT2D eigenvalue weighted by atomic mass is 32.1. The molecule has 0 saturated heterocycles. The minimum absolute atomic E-state index is 0.00185. The molecule has 0 spiro atoms. The van der Waals surface area contributed by atoms with Gasteiger partial charge in [0.1, 0.15) is 0 Å². The summed E-state index contributed by atoms with van der Waals surface area (Å²) in [6.45, 7) is 2.01. The molecule has 2 N–H and O–H groups in total. The molecular weight excluding hydrogens is 321 g/mol. The number of halogens is 3. The van der Waals surface area contributed by atoms with Crippen molar-refractivity contribution >= 4 is 23.0 Å². The van der Waals surface area contributed by atoms with Crippen LogP contribution in [0.3, 0.4) is 0 Å². The van der Waals surface area contributed by atoms with Crippen molar-refractivity contribution < 1.29 is 13.2 Å². The van der Waals surface area contributed by atoms with Gasteiger partial charge in [-0.15, -0.1) is 0 Å². The van der Waals surface area contributed by atoms with Gasteiger partial charge in [-0.25, -0.2) is 0 Å². The Hall–Kier alpha value is -2.08. The molecule has 2 rings (SSSR count). The standard InChI is InChI=1S/C17H17F3N2S/c1-2-15(12-7-4-3-5-8-12)22-16(23)21-14-10-6-9-13(11-14)17(18,19)20/h3-11,15H,2H2,1H3,(H2,21,22,23). The number of nitrogens with one attached hydrogen (secondary N) is 2. The summed E-state index contributed by atoms with van der Waals surface area (Å²) in [5.74, 6) is 0. The molecule has 122 valence electrons. The van der Waals surface area contributed by atoms with Crippen LogP contribution in [0.4, 0.5) is 18.9 Å². The summed E-state index contributed by atoms with van der Waals surface area (Å²) in [4.78, 5) is 0. The average Bonchev–Trinajstić information content (AvgIpc) is 2.53. The highest BCUT2D eigenvalue weighted by Crippen LogP contribution is 2.30. The zero-order valence-electron chi connectivity index (χ0n) is 12.5. The van der Waals surface area contributed by atoms with Crippen LogP contribution in [-0.4, -0.2) is 5.11 Å². The van der Waals surface area contributed by atoms with Gasteiger partial charge >= 0.3 is 6.18 Å². The molecule has 0 aliphatic rings. The summed E-state index contributed by atoms with van der Waals surface area (Å²) in [6, 6.07) is 14.7. The van der Waals surface area contributed by atoms with Crippen LogP contribution in [0, 0.1) is 0 Å². The third kappa shape index (κ3) is 4.96. The third-order valence-electron chi connectivity index (χ3n) is 3.36. The quantitative estimate of drug-likeness (QED) is 0.755. The van der Waals surface area contributed by atoms with E-state index in [1.807, 2.05) is 37.3 Å². The minimum Gasteiger partial charge on any atom is -0.356 e. The van der Waals surface area contributed by atoms with E-state index < -0.39 is 11.7 Å². The van der Waals surface area contributed by atoms with Crippen LogP contribution in [-0.2, 0) is 6.18 Å². The van der Waals surface area contributed by atoms with Crippen LogP contribution < -0.4 is 10.6 Å². The molecule has 0 fully saturated rings. The van der Waals surface area contributed by atoms with E-state index in [2.05, 4.69) is 10.6 Å². The predicted molar refractivity (Wildman–Crippen MR) is 90.3 cm³/mol. The van der Waals surface area contributed by atoms with Gasteiger partial charge in [-0.05, 0) is 42.4 Å². The van der Waals surface area contributed by atoms with E-state index >= 15 is 0 Å². The van der Waals surface area contributed by atoms with Crippen molar-refractivity contribution in [2.45, 2.75) is 25.6 Å². The molecule has 2 nitrogen and oxygen atoms in total. The third-order valence-corrected chi connectivity index (χ3v) is 3.58. The second-order valence-electron chi connectivity index (χ2n) is 5.05. The lowest BCUT2D eigenvalue weighted by molar-refractivity contribution is -0.137. The molecule has 0 radical (unpaired) electrons. The summed E-state index contributed by atoms with van der Waals surface area (Å²) < 4.78 is 38.1. The van der Waals surface area contributed by atoms with E-state index in [4.69, 9.17) is 12.2 Å². The molecule has 0 amide bonds. The first-order chi connectivity index (χ1) is 10.9. The van der Waals surface area contributed by atoms with E-state index in [0.29, 0.717) is 10.8 Å². The first-order valence-corrected chi connectivity index (χ1v) is 7.60. The smallest absolute Gasteiger partial charge is 0.356 e. The second kappa shape index (κ2) is 7.46. The summed E-state index contributed by atoms with van der Waals surface area (Å²) in [5, 5.41) is 6.23. The van der Waals surface area contributed by atoms with Gasteiger partial charge in [-0.1, -0.05) is 43.3 Å². The molecule has 2 aromatic rings. The fourth-order valence-corrected chi connectivity index (χ4v) is 2.47. The van der Waals surface area contributed by atoms with Crippen LogP contribution >= 0.6 is 12.2 Å². The van der Waals surface area contributed by atoms with Crippen molar-refractivity contribution in [1.29, 1.82) is 0 Å². The Labute approximate surface area is 138 Å². The molecule has 0 aliphatic heterocycles. The predicted octanol–water partition coefficient (Wildman–Crippen LogP) is 5.14. The van der Waals surface area contributed by atoms with Gasteiger partial charge in [-0.3, -0.25) is 0 Å². The molecule has 0 bridgehead atoms. The number of hydrogen-bond donors (Lipinski definition) is 2. The molecule has 1 atom stereocenters. The number of hydrogen-bond acceptors (Lipinski definition) is 1. The Kier molecular flexibility index (Phi) is 5.60. The molecular formula is C17H17F3N2S. The lowest BCUT2D eigenvalue weighted by Crippen LogP contribution is -2.32. The van der Waals surface area contributed by atoms with Gasteiger partial charge in [0.25, 0.3) is 0 Å². The summed E-state index contributed by atoms with van der Waals surface area (Å²) >= 11 is 5.21. The average molecular weight is 338 g/mol. The number of rotatable bonds is 4. The SMILES string of the molecule is CCC(NC(=S)Nc1cccc(C(F)(F)F)c1)c1ccccc1. The summed E-state index contributed by atoms with van der Waals surface area (Å²) in [7, 11) is 0. The number of benzene rings is 2. The van der Waals surface area contributed by atoms with Crippen LogP contribution in [0.1, 0.15) is 30.5 Å². The lowest BCUT2D eigenvalue weighted by atomic mass is 10.1. The largest absolute Gasteiger partial charge is 0.416 e. The van der Waals surface area contributed by atoms with Crippen molar-refractivity contribution in [3.63, 3.8) is 0 Å². The Morgan fingerprint density at radius 1 is 1.09 bits per heavy atom. The topological polar surface area (TPSA) is 24.1 Å². The number of thiocarbonyl (C=S) groups is 1. The molecule has 1 unspecified atom stereocenters. The van der Waals surface area contributed by atoms with Crippen molar-refractivity contribution in [3.8, 4) is 0 Å². The molecule has 2 aromatic carbocycles. The molecule has 0 heterocycles. The Balaban J connectivity index is 2.04. The maximum Gasteiger partial charge on any atom is 0.416 e. The van der Waals surface area contributed by atoms with Crippen molar-refractivity contribution in [3.05, 3.63) is 65.7 Å². The first kappa shape index (κ1) is 17.3. The van der Waals surface area contributed by atoms with E-state index in [0.717, 1.165) is 24.1 Å². The summed E-state index contributed by atoms with van der Waals surface area (Å²) in [5.41, 5.74) is 0.670. The van der Waals surface area contributed by atoms with Crippen LogP contribution in [0.5, 0.6) is 0 Å². The normalized spacial score (nSPS) is 12.5. The van der Waals surface area contributed by atoms with E-state index in [1.165, 1.54) is 6.07 Å². The van der Waals surface area contributed by atoms with Gasteiger partial charge in [-0.2, -0.15) is 13.2 Å². The number of alkyl halides is 3. The van der Waals surface area contributed by atoms with Gasteiger partial charge in [0.15, 0.2) is 5.11 Å². The molecule has 0 saturated carbocycles. The van der Waals surface area contributed by atoms with E-state index in [9.17, 15) is 13.2 Å². The molecule has 0 aliphatic carbocycles. The van der Waals surface area contributed by atoms with Crippen molar-refractivity contribution in [1.82, 2.24) is 5.32 Å². The first-order valence-electron chi connectivity index (χ1n) is 7.20. The zero-order chi connectivity index (χ0) is 16.9. The Bertz CT molecular complexity index is 656. The van der Waals surface area contributed by atoms with Crippen LogP contribution in [0.25, 0.3) is 0 Å². The fourth-order valence-electron chi connectivity index (χ4n) is 2.21. The molecule has 0 aromatic heterocycles. The maximum atomic E-state index is 12.7. The highest BCUT2D eigenvalue weighted by Gasteiger charge is 2.30. The van der Waals surface area contributed by atoms with Crippen molar-refractivity contribution in [2.75, 3.05) is 5.32 Å². The van der Waals surface area contributed by atoms with Crippen LogP contribution in [0.2, 0.25) is 0 Å². The van der Waals surface area contributed by atoms with Gasteiger partial charge in [0, 0.05) is 5.69 Å². The summed E-state index contributed by atoms with van der Waals surface area (Å²) in [6.07, 6.45) is -3.57. The van der Waals surface area contributed by atoms with Crippen LogP contribution in [0.15, 0.2) is 54.6 Å². The van der Waals surface area contributed by atoms with Crippen molar-refractivity contribution in [2.24, 2.45) is 0 Å². The highest BCUT2D eigenvalue weighted by molar-refractivity contribution is 7.80. The Morgan fingerprint density at radius 2 is 1.78 bits per heavy atom. The second-order valence-corrected chi connectivity index (χ2v) is 5.46. The Morgan fingerprint density at radius 3 is 2.39 bits per heavy atom. The lowest BCUT2D eigenvalue weighted by Gasteiger charge is -2.20. The molecule has 23 heavy (non-hydrogen) atoms. The maximum absolute atomic E-state index is 12.7. The molecule has 6 heteroatoms. The van der Waals surface area contributed by atoms with Gasteiger partial charge < -0.3 is 10.6 Å². The van der Waals surface area contributed by atoms with E-state index in [-0.39, 0.29) is 6.04 Å². The number of anilines is 1. The minimum atomic E-state index is -4.37.